The number of carboxylic acids is 1. The summed E-state index contributed by atoms with van der Waals surface area (Å²) in [7, 11) is 2.73. The normalized spacial score (nSPS) is 11.2. The average Bonchev–Trinajstić information content (AvgIpc) is 2.65. The molecule has 0 spiro atoms. The number of alkyl halides is 3. The lowest BCUT2D eigenvalue weighted by Gasteiger charge is -2.17. The van der Waals surface area contributed by atoms with Gasteiger partial charge in [0.1, 0.15) is 12.4 Å². The lowest BCUT2D eigenvalue weighted by molar-refractivity contribution is -0.138. The molecule has 0 aromatic heterocycles. The Kier molecular flexibility index (Phi) is 7.22. The zero-order valence-corrected chi connectivity index (χ0v) is 15.8. The second-order valence-corrected chi connectivity index (χ2v) is 6.18. The average molecular weight is 411 g/mol. The van der Waals surface area contributed by atoms with Gasteiger partial charge in [-0.1, -0.05) is 12.1 Å². The van der Waals surface area contributed by atoms with Crippen molar-refractivity contribution in [3.05, 3.63) is 53.1 Å². The van der Waals surface area contributed by atoms with Crippen LogP contribution in [0.5, 0.6) is 5.75 Å². The Morgan fingerprint density at radius 2 is 1.79 bits per heavy atom. The van der Waals surface area contributed by atoms with Crippen molar-refractivity contribution in [2.75, 3.05) is 20.8 Å². The van der Waals surface area contributed by atoms with Crippen molar-refractivity contribution in [2.45, 2.75) is 19.1 Å². The molecule has 0 atom stereocenters. The molecule has 6 nitrogen and oxygen atoms in total. The van der Waals surface area contributed by atoms with E-state index in [0.717, 1.165) is 12.1 Å². The molecule has 2 aromatic carbocycles. The maximum Gasteiger partial charge on any atom is 0.416 e. The van der Waals surface area contributed by atoms with Gasteiger partial charge in [0.05, 0.1) is 19.1 Å². The molecule has 2 aromatic rings. The predicted octanol–water partition coefficient (Wildman–Crippen LogP) is 3.27. The highest BCUT2D eigenvalue weighted by Gasteiger charge is 2.31. The quantitative estimate of drug-likeness (QED) is 0.697. The zero-order chi connectivity index (χ0) is 21.6. The van der Waals surface area contributed by atoms with Gasteiger partial charge in [-0.25, -0.2) is 0 Å². The van der Waals surface area contributed by atoms with Crippen LogP contribution < -0.4 is 10.1 Å². The summed E-state index contributed by atoms with van der Waals surface area (Å²) in [4.78, 5) is 22.7. The van der Waals surface area contributed by atoms with Crippen molar-refractivity contribution in [3.8, 4) is 16.9 Å². The van der Waals surface area contributed by atoms with E-state index in [1.807, 2.05) is 0 Å². The Labute approximate surface area is 165 Å². The smallest absolute Gasteiger partial charge is 0.416 e. The Bertz CT molecular complexity index is 896. The predicted molar refractivity (Wildman–Crippen MR) is 98.5 cm³/mol. The maximum atomic E-state index is 13.2. The first kappa shape index (κ1) is 22.2. The van der Waals surface area contributed by atoms with Gasteiger partial charge in [-0.3, -0.25) is 9.59 Å². The number of carboxylic acid groups (broad SMARTS) is 1. The number of halogens is 3. The number of aliphatic carboxylic acids is 1. The van der Waals surface area contributed by atoms with E-state index in [4.69, 9.17) is 14.6 Å². The highest BCUT2D eigenvalue weighted by molar-refractivity contribution is 5.79. The number of carbonyl (C=O) groups excluding carboxylic acids is 1. The molecule has 0 saturated heterocycles. The minimum Gasteiger partial charge on any atom is -0.496 e. The van der Waals surface area contributed by atoms with Gasteiger partial charge >= 0.3 is 12.1 Å². The van der Waals surface area contributed by atoms with E-state index in [2.05, 4.69) is 5.32 Å². The monoisotopic (exact) mass is 411 g/mol. The summed E-state index contributed by atoms with van der Waals surface area (Å²) in [6, 6.07) is 7.84. The Balaban J connectivity index is 2.55. The lowest BCUT2D eigenvalue weighted by Crippen LogP contribution is -2.27. The van der Waals surface area contributed by atoms with Crippen LogP contribution in [0, 0.1) is 0 Å². The molecule has 2 rings (SSSR count). The molecule has 9 heteroatoms. The number of hydrogen-bond acceptors (Lipinski definition) is 4. The van der Waals surface area contributed by atoms with Gasteiger partial charge in [-0.2, -0.15) is 13.2 Å². The second-order valence-electron chi connectivity index (χ2n) is 6.18. The van der Waals surface area contributed by atoms with Gasteiger partial charge in [0.25, 0.3) is 0 Å². The summed E-state index contributed by atoms with van der Waals surface area (Å²) in [5, 5.41) is 11.5. The zero-order valence-electron chi connectivity index (χ0n) is 15.8. The molecular weight excluding hydrogens is 391 g/mol. The number of methoxy groups -OCH3 is 2. The van der Waals surface area contributed by atoms with E-state index >= 15 is 0 Å². The van der Waals surface area contributed by atoms with Crippen LogP contribution in [0.2, 0.25) is 0 Å². The van der Waals surface area contributed by atoms with Crippen molar-refractivity contribution >= 4 is 11.9 Å². The van der Waals surface area contributed by atoms with Crippen LogP contribution in [0.1, 0.15) is 16.7 Å². The number of nitrogens with one attached hydrogen (secondary N) is 1. The Morgan fingerprint density at radius 3 is 2.38 bits per heavy atom. The highest BCUT2D eigenvalue weighted by atomic mass is 19.4. The summed E-state index contributed by atoms with van der Waals surface area (Å²) in [6.07, 6.45) is -4.81. The fraction of sp³-hybridized carbons (Fsp3) is 0.300. The maximum absolute atomic E-state index is 13.2. The first-order valence-electron chi connectivity index (χ1n) is 8.50. The van der Waals surface area contributed by atoms with Crippen molar-refractivity contribution in [1.82, 2.24) is 5.32 Å². The minimum absolute atomic E-state index is 0.173. The van der Waals surface area contributed by atoms with Crippen molar-refractivity contribution < 1.29 is 37.3 Å². The molecule has 0 heterocycles. The molecular formula is C20H20F3NO5. The van der Waals surface area contributed by atoms with Crippen LogP contribution in [0.15, 0.2) is 36.4 Å². The molecule has 0 fully saturated rings. The molecule has 0 unspecified atom stereocenters. The van der Waals surface area contributed by atoms with Gasteiger partial charge in [-0.15, -0.1) is 0 Å². The number of amides is 1. The lowest BCUT2D eigenvalue weighted by atomic mass is 9.94. The topological polar surface area (TPSA) is 84.9 Å². The first-order valence-corrected chi connectivity index (χ1v) is 8.50. The number of rotatable bonds is 8. The molecule has 2 N–H and O–H groups in total. The highest BCUT2D eigenvalue weighted by Crippen LogP contribution is 2.37. The fourth-order valence-electron chi connectivity index (χ4n) is 2.81. The van der Waals surface area contributed by atoms with Crippen LogP contribution in [-0.2, 0) is 33.5 Å². The fourth-order valence-corrected chi connectivity index (χ4v) is 2.81. The molecule has 0 aliphatic rings. The van der Waals surface area contributed by atoms with Crippen LogP contribution in [0.3, 0.4) is 0 Å². The van der Waals surface area contributed by atoms with Crippen LogP contribution in [0.4, 0.5) is 13.2 Å². The van der Waals surface area contributed by atoms with Crippen molar-refractivity contribution in [3.63, 3.8) is 0 Å². The first-order chi connectivity index (χ1) is 13.7. The van der Waals surface area contributed by atoms with Crippen molar-refractivity contribution in [2.24, 2.45) is 0 Å². The Morgan fingerprint density at radius 1 is 1.07 bits per heavy atom. The second kappa shape index (κ2) is 9.42. The van der Waals surface area contributed by atoms with E-state index in [9.17, 15) is 22.8 Å². The van der Waals surface area contributed by atoms with E-state index in [-0.39, 0.29) is 25.1 Å². The summed E-state index contributed by atoms with van der Waals surface area (Å²) in [5.74, 6) is -1.16. The molecule has 0 saturated carbocycles. The largest absolute Gasteiger partial charge is 0.496 e. The van der Waals surface area contributed by atoms with Gasteiger partial charge in [0.2, 0.25) is 5.91 Å². The van der Waals surface area contributed by atoms with Crippen LogP contribution in [-0.4, -0.2) is 37.8 Å². The Hall–Kier alpha value is -3.07. The van der Waals surface area contributed by atoms with Crippen LogP contribution >= 0.6 is 0 Å². The summed E-state index contributed by atoms with van der Waals surface area (Å²) in [5.41, 5.74) is 0.617. The molecule has 29 heavy (non-hydrogen) atoms. The van der Waals surface area contributed by atoms with Gasteiger partial charge < -0.3 is 19.9 Å². The van der Waals surface area contributed by atoms with E-state index in [1.165, 1.54) is 20.3 Å². The number of hydrogen-bond donors (Lipinski definition) is 2. The SMILES string of the molecule is COCC(=O)NCc1cc(C(F)(F)F)ccc1-c1cc(CC(=O)O)ccc1OC. The third-order valence-corrected chi connectivity index (χ3v) is 4.09. The summed E-state index contributed by atoms with van der Waals surface area (Å²) < 4.78 is 49.5. The van der Waals surface area contributed by atoms with E-state index in [0.29, 0.717) is 22.4 Å². The third-order valence-electron chi connectivity index (χ3n) is 4.09. The van der Waals surface area contributed by atoms with E-state index < -0.39 is 23.6 Å². The molecule has 0 aliphatic carbocycles. The molecule has 0 radical (unpaired) electrons. The third kappa shape index (κ3) is 5.95. The number of carbonyl (C=O) groups is 2. The molecule has 0 bridgehead atoms. The van der Waals surface area contributed by atoms with Gasteiger partial charge in [0.15, 0.2) is 0 Å². The standard InChI is InChI=1S/C20H20F3NO5/c1-28-11-18(25)24-10-13-9-14(20(21,22)23)4-5-15(13)16-7-12(8-19(26)27)3-6-17(16)29-2/h3-7,9H,8,10-11H2,1-2H3,(H,24,25)(H,26,27). The number of ether oxygens (including phenoxy) is 2. The van der Waals surface area contributed by atoms with E-state index in [1.54, 1.807) is 18.2 Å². The molecule has 1 amide bonds. The van der Waals surface area contributed by atoms with Gasteiger partial charge in [0, 0.05) is 19.2 Å². The van der Waals surface area contributed by atoms with Gasteiger partial charge in [-0.05, 0) is 41.0 Å². The van der Waals surface area contributed by atoms with Crippen LogP contribution in [0.25, 0.3) is 11.1 Å². The molecule has 156 valence electrons. The summed E-state index contributed by atoms with van der Waals surface area (Å²) in [6.45, 7) is -0.403. The molecule has 0 aliphatic heterocycles. The number of benzene rings is 2. The minimum atomic E-state index is -4.56. The van der Waals surface area contributed by atoms with Crippen molar-refractivity contribution in [1.29, 1.82) is 0 Å². The summed E-state index contributed by atoms with van der Waals surface area (Å²) >= 11 is 0.